The zero-order valence-electron chi connectivity index (χ0n) is 18.6. The molecule has 0 aromatic heterocycles. The predicted molar refractivity (Wildman–Crippen MR) is 128 cm³/mol. The predicted octanol–water partition coefficient (Wildman–Crippen LogP) is 6.55. The molecule has 4 unspecified atom stereocenters. The molecule has 156 valence electrons. The molecule has 5 rings (SSSR count). The van der Waals surface area contributed by atoms with Crippen molar-refractivity contribution in [1.82, 2.24) is 5.32 Å². The number of rotatable bonds is 3. The van der Waals surface area contributed by atoms with Gasteiger partial charge in [0.1, 0.15) is 0 Å². The summed E-state index contributed by atoms with van der Waals surface area (Å²) in [6.07, 6.45) is 6.59. The van der Waals surface area contributed by atoms with Crippen molar-refractivity contribution in [3.63, 3.8) is 0 Å². The Kier molecular flexibility index (Phi) is 5.28. The van der Waals surface area contributed by atoms with Crippen LogP contribution in [0.4, 0.5) is 5.69 Å². The van der Waals surface area contributed by atoms with Gasteiger partial charge in [0.2, 0.25) is 0 Å². The van der Waals surface area contributed by atoms with Gasteiger partial charge in [-0.15, -0.1) is 0 Å². The minimum absolute atomic E-state index is 0.461. The van der Waals surface area contributed by atoms with Gasteiger partial charge in [0, 0.05) is 30.9 Å². The van der Waals surface area contributed by atoms with E-state index < -0.39 is 0 Å². The highest BCUT2D eigenvalue weighted by Gasteiger charge is 2.40. The van der Waals surface area contributed by atoms with E-state index in [9.17, 15) is 0 Å². The Morgan fingerprint density at radius 2 is 1.57 bits per heavy atom. The zero-order chi connectivity index (χ0) is 20.7. The Labute approximate surface area is 181 Å². The first-order chi connectivity index (χ1) is 14.6. The van der Waals surface area contributed by atoms with Crippen LogP contribution in [0.15, 0.2) is 60.7 Å². The Morgan fingerprint density at radius 3 is 2.37 bits per heavy atom. The number of nitrogens with zero attached hydrogens (tertiary/aromatic N) is 1. The fourth-order valence-electron chi connectivity index (χ4n) is 6.18. The van der Waals surface area contributed by atoms with E-state index in [4.69, 9.17) is 0 Å². The quantitative estimate of drug-likeness (QED) is 0.538. The number of benzene rings is 3. The van der Waals surface area contributed by atoms with Crippen LogP contribution in [-0.2, 0) is 0 Å². The number of piperidine rings is 1. The van der Waals surface area contributed by atoms with E-state index in [1.807, 2.05) is 0 Å². The van der Waals surface area contributed by atoms with Crippen LogP contribution in [0.25, 0.3) is 10.8 Å². The van der Waals surface area contributed by atoms with Crippen molar-refractivity contribution >= 4 is 16.5 Å². The van der Waals surface area contributed by atoms with E-state index in [1.54, 1.807) is 0 Å². The Bertz CT molecular complexity index is 1020. The van der Waals surface area contributed by atoms with Gasteiger partial charge in [-0.05, 0) is 79.0 Å². The fraction of sp³-hybridized carbons (Fsp3) is 0.429. The number of nitrogens with one attached hydrogen (secondary N) is 1. The van der Waals surface area contributed by atoms with Gasteiger partial charge >= 0.3 is 0 Å². The average molecular weight is 399 g/mol. The van der Waals surface area contributed by atoms with Crippen molar-refractivity contribution < 1.29 is 0 Å². The molecule has 1 aliphatic carbocycles. The molecule has 3 aromatic carbocycles. The summed E-state index contributed by atoms with van der Waals surface area (Å²) in [6, 6.07) is 24.0. The third kappa shape index (κ3) is 3.52. The van der Waals surface area contributed by atoms with E-state index in [0.717, 1.165) is 5.92 Å². The van der Waals surface area contributed by atoms with Gasteiger partial charge in [-0.1, -0.05) is 61.0 Å². The molecule has 2 heteroatoms. The van der Waals surface area contributed by atoms with Crippen LogP contribution in [0.2, 0.25) is 0 Å². The summed E-state index contributed by atoms with van der Waals surface area (Å²) in [6.45, 7) is 4.51. The maximum absolute atomic E-state index is 4.13. The smallest absolute Gasteiger partial charge is 0.0443 e. The van der Waals surface area contributed by atoms with E-state index in [2.05, 4.69) is 91.8 Å². The molecule has 2 fully saturated rings. The van der Waals surface area contributed by atoms with Gasteiger partial charge in [-0.3, -0.25) is 0 Å². The lowest BCUT2D eigenvalue weighted by atomic mass is 9.73. The zero-order valence-corrected chi connectivity index (χ0v) is 18.6. The second-order valence-electron chi connectivity index (χ2n) is 9.54. The highest BCUT2D eigenvalue weighted by molar-refractivity contribution is 5.83. The summed E-state index contributed by atoms with van der Waals surface area (Å²) >= 11 is 0. The van der Waals surface area contributed by atoms with Gasteiger partial charge in [0.15, 0.2) is 0 Å². The highest BCUT2D eigenvalue weighted by atomic mass is 15.2. The Balaban J connectivity index is 1.43. The molecule has 0 bridgehead atoms. The van der Waals surface area contributed by atoms with E-state index >= 15 is 0 Å². The summed E-state index contributed by atoms with van der Waals surface area (Å²) < 4.78 is 0. The van der Waals surface area contributed by atoms with Crippen LogP contribution in [0.5, 0.6) is 0 Å². The van der Waals surface area contributed by atoms with Crippen molar-refractivity contribution in [3.8, 4) is 0 Å². The third-order valence-corrected chi connectivity index (χ3v) is 7.68. The second-order valence-corrected chi connectivity index (χ2v) is 9.54. The van der Waals surface area contributed by atoms with Crippen molar-refractivity contribution in [3.05, 3.63) is 77.4 Å². The molecule has 1 heterocycles. The molecule has 0 amide bonds. The summed E-state index contributed by atoms with van der Waals surface area (Å²) in [4.78, 5) is 2.59. The van der Waals surface area contributed by atoms with Crippen LogP contribution < -0.4 is 10.2 Å². The average Bonchev–Trinajstić information content (AvgIpc) is 2.77. The number of fused-ring (bicyclic) bond motifs is 2. The molecular formula is C28H34N2. The normalized spacial score (nSPS) is 26.4. The SMILES string of the molecule is Cc1cccc(C)c1N(C)C1CCCC2CCC(c3ccc4ccccc4c3)NC21. The van der Waals surface area contributed by atoms with Crippen molar-refractivity contribution in [2.75, 3.05) is 11.9 Å². The van der Waals surface area contributed by atoms with E-state index in [1.165, 1.54) is 65.3 Å². The first-order valence-electron chi connectivity index (χ1n) is 11.7. The number of aryl methyl sites for hydroxylation is 2. The number of anilines is 1. The summed E-state index contributed by atoms with van der Waals surface area (Å²) in [5.41, 5.74) is 5.66. The molecule has 1 saturated heterocycles. The van der Waals surface area contributed by atoms with E-state index in [-0.39, 0.29) is 0 Å². The molecule has 2 aliphatic rings. The maximum Gasteiger partial charge on any atom is 0.0443 e. The molecule has 3 aromatic rings. The topological polar surface area (TPSA) is 15.3 Å². The van der Waals surface area contributed by atoms with Crippen LogP contribution in [0.3, 0.4) is 0 Å². The monoisotopic (exact) mass is 398 g/mol. The standard InChI is InChI=1S/C28H34N2/c1-19-8-6-9-20(2)28(19)30(3)26-13-7-12-22-16-17-25(29-27(22)26)24-15-14-21-10-4-5-11-23(21)18-24/h4-6,8-11,14-15,18,22,25-27,29H,7,12-13,16-17H2,1-3H3. The van der Waals surface area contributed by atoms with Gasteiger partial charge in [0.05, 0.1) is 0 Å². The molecule has 1 N–H and O–H groups in total. The Morgan fingerprint density at radius 1 is 0.800 bits per heavy atom. The number of hydrogen-bond acceptors (Lipinski definition) is 2. The summed E-state index contributed by atoms with van der Waals surface area (Å²) in [5.74, 6) is 0.798. The van der Waals surface area contributed by atoms with Gasteiger partial charge in [-0.2, -0.15) is 0 Å². The minimum atomic E-state index is 0.461. The first-order valence-corrected chi connectivity index (χ1v) is 11.7. The largest absolute Gasteiger partial charge is 0.370 e. The molecule has 1 saturated carbocycles. The van der Waals surface area contributed by atoms with Gasteiger partial charge in [0.25, 0.3) is 0 Å². The van der Waals surface area contributed by atoms with Crippen LogP contribution in [0, 0.1) is 19.8 Å². The molecule has 4 atom stereocenters. The second kappa shape index (κ2) is 8.07. The van der Waals surface area contributed by atoms with Crippen molar-refractivity contribution in [1.29, 1.82) is 0 Å². The van der Waals surface area contributed by atoms with Crippen molar-refractivity contribution in [2.24, 2.45) is 5.92 Å². The third-order valence-electron chi connectivity index (χ3n) is 7.68. The molecule has 2 nitrogen and oxygen atoms in total. The number of hydrogen-bond donors (Lipinski definition) is 1. The van der Waals surface area contributed by atoms with Gasteiger partial charge < -0.3 is 10.2 Å². The van der Waals surface area contributed by atoms with Crippen LogP contribution >= 0.6 is 0 Å². The lowest BCUT2D eigenvalue weighted by Gasteiger charge is -2.49. The molecule has 0 spiro atoms. The summed E-state index contributed by atoms with van der Waals surface area (Å²) in [5, 5.41) is 6.82. The minimum Gasteiger partial charge on any atom is -0.370 e. The number of para-hydroxylation sites is 1. The number of likely N-dealkylation sites (N-methyl/N-ethyl adjacent to an activating group) is 1. The van der Waals surface area contributed by atoms with Crippen LogP contribution in [0.1, 0.15) is 54.8 Å². The molecule has 30 heavy (non-hydrogen) atoms. The highest BCUT2D eigenvalue weighted by Crippen LogP contribution is 2.40. The van der Waals surface area contributed by atoms with E-state index in [0.29, 0.717) is 18.1 Å². The molecule has 1 aliphatic heterocycles. The van der Waals surface area contributed by atoms with Crippen LogP contribution in [-0.4, -0.2) is 19.1 Å². The summed E-state index contributed by atoms with van der Waals surface area (Å²) in [7, 11) is 2.32. The van der Waals surface area contributed by atoms with Crippen molar-refractivity contribution in [2.45, 2.75) is 64.1 Å². The fourth-order valence-corrected chi connectivity index (χ4v) is 6.18. The lowest BCUT2D eigenvalue weighted by Crippen LogP contribution is -2.57. The maximum atomic E-state index is 4.13. The molecular weight excluding hydrogens is 364 g/mol. The lowest BCUT2D eigenvalue weighted by molar-refractivity contribution is 0.154. The Hall–Kier alpha value is -2.32. The van der Waals surface area contributed by atoms with Gasteiger partial charge in [-0.25, -0.2) is 0 Å². The molecule has 0 radical (unpaired) electrons. The first kappa shape index (κ1) is 19.6.